The second-order valence-electron chi connectivity index (χ2n) is 0.513. The lowest BCUT2D eigenvalue weighted by Crippen LogP contribution is -1.89. The van der Waals surface area contributed by atoms with Crippen molar-refractivity contribution in [2.24, 2.45) is 0 Å². The molecular formula is C2H3ClO2. The Kier molecular flexibility index (Phi) is 2.14. The first-order valence-electron chi connectivity index (χ1n) is 1.06. The van der Waals surface area contributed by atoms with Crippen molar-refractivity contribution >= 4 is 16.8 Å². The van der Waals surface area contributed by atoms with Crippen LogP contribution in [0.15, 0.2) is 0 Å². The number of aliphatic hydroxyl groups is 1. The Morgan fingerprint density at radius 1 is 2.00 bits per heavy atom. The zero-order valence-electron chi connectivity index (χ0n) is 2.44. The minimum absolute atomic E-state index is 0.568. The highest BCUT2D eigenvalue weighted by molar-refractivity contribution is 6.63. The second kappa shape index (κ2) is 2.18. The Balaban J connectivity index is 2.85. The van der Waals surface area contributed by atoms with Gasteiger partial charge >= 0.3 is 0 Å². The summed E-state index contributed by atoms with van der Waals surface area (Å²) in [5.74, 6) is 0. The Labute approximate surface area is 34.4 Å². The number of halogens is 1. The van der Waals surface area contributed by atoms with Crippen molar-refractivity contribution in [3.63, 3.8) is 0 Å². The summed E-state index contributed by atoms with van der Waals surface area (Å²) < 4.78 is 0. The molecule has 0 saturated carbocycles. The molecule has 0 bridgehead atoms. The molecule has 0 aliphatic rings. The molecule has 5 heavy (non-hydrogen) atoms. The average Bonchev–Trinajstić information content (AvgIpc) is 1.38. The van der Waals surface area contributed by atoms with Gasteiger partial charge in [-0.15, -0.1) is 0 Å². The minimum atomic E-state index is -0.718. The van der Waals surface area contributed by atoms with Gasteiger partial charge in [0.2, 0.25) is 5.24 Å². The number of hydrogen-bond donors (Lipinski definition) is 1. The van der Waals surface area contributed by atoms with Crippen LogP contribution in [0, 0.1) is 0 Å². The number of hydrogen-bond acceptors (Lipinski definition) is 2. The molecule has 0 spiro atoms. The van der Waals surface area contributed by atoms with E-state index in [4.69, 9.17) is 5.11 Å². The molecule has 0 amide bonds. The summed E-state index contributed by atoms with van der Waals surface area (Å²) in [5.41, 5.74) is 0. The van der Waals surface area contributed by atoms with Gasteiger partial charge in [0.05, 0.1) is 0 Å². The van der Waals surface area contributed by atoms with E-state index >= 15 is 0 Å². The van der Waals surface area contributed by atoms with Crippen LogP contribution in [0.5, 0.6) is 0 Å². The van der Waals surface area contributed by atoms with E-state index in [1.807, 2.05) is 0 Å². The van der Waals surface area contributed by atoms with Gasteiger partial charge < -0.3 is 5.11 Å². The second-order valence-corrected chi connectivity index (χ2v) is 0.935. The van der Waals surface area contributed by atoms with E-state index in [1.54, 1.807) is 0 Å². The van der Waals surface area contributed by atoms with Crippen molar-refractivity contribution in [3.05, 3.63) is 0 Å². The predicted octanol–water partition coefficient (Wildman–Crippen LogP) is -0.256. The third kappa shape index (κ3) is 3.92. The monoisotopic (exact) mass is 94.0 g/mol. The van der Waals surface area contributed by atoms with Crippen LogP contribution in [0.25, 0.3) is 0 Å². The smallest absolute Gasteiger partial charge is 0.247 e. The molecule has 0 aromatic heterocycles. The largest absolute Gasteiger partial charge is 0.387 e. The normalized spacial score (nSPS) is 7.60. The predicted molar refractivity (Wildman–Crippen MR) is 17.9 cm³/mol. The topological polar surface area (TPSA) is 37.3 Å². The number of carbonyl (C=O) groups excluding carboxylic acids is 1. The third-order valence-corrected chi connectivity index (χ3v) is 0.244. The molecule has 0 radical (unpaired) electrons. The highest BCUT2D eigenvalue weighted by Gasteiger charge is 1.82. The van der Waals surface area contributed by atoms with Crippen LogP contribution in [0.1, 0.15) is 0 Å². The summed E-state index contributed by atoms with van der Waals surface area (Å²) in [6, 6.07) is 0. The van der Waals surface area contributed by atoms with Gasteiger partial charge in [-0.1, -0.05) is 0 Å². The van der Waals surface area contributed by atoms with Crippen molar-refractivity contribution in [1.82, 2.24) is 0 Å². The SMILES string of the molecule is O=C(Cl)CO. The summed E-state index contributed by atoms with van der Waals surface area (Å²) in [6.07, 6.45) is 0. The summed E-state index contributed by atoms with van der Waals surface area (Å²) >= 11 is 4.57. The zero-order valence-corrected chi connectivity index (χ0v) is 3.20. The zero-order chi connectivity index (χ0) is 4.28. The van der Waals surface area contributed by atoms with Crippen LogP contribution in [-0.2, 0) is 4.79 Å². The maximum absolute atomic E-state index is 9.33. The molecular weight excluding hydrogens is 91.5 g/mol. The standard InChI is InChI=1S/C2H3ClO2/c3-2(5)1-4/h4H,1H2. The van der Waals surface area contributed by atoms with E-state index in [9.17, 15) is 4.79 Å². The summed E-state index contributed by atoms with van der Waals surface area (Å²) in [4.78, 5) is 9.33. The fourth-order valence-electron chi connectivity index (χ4n) is 0. The molecule has 0 aromatic carbocycles. The van der Waals surface area contributed by atoms with Crippen molar-refractivity contribution in [1.29, 1.82) is 0 Å². The molecule has 3 heteroatoms. The van der Waals surface area contributed by atoms with E-state index in [2.05, 4.69) is 11.6 Å². The van der Waals surface area contributed by atoms with Crippen LogP contribution >= 0.6 is 11.6 Å². The first kappa shape index (κ1) is 4.92. The van der Waals surface area contributed by atoms with Crippen LogP contribution in [0.4, 0.5) is 0 Å². The molecule has 2 nitrogen and oxygen atoms in total. The van der Waals surface area contributed by atoms with Gasteiger partial charge in [-0.3, -0.25) is 4.79 Å². The fraction of sp³-hybridized carbons (Fsp3) is 0.500. The Hall–Kier alpha value is -0.0800. The molecule has 0 aromatic rings. The summed E-state index contributed by atoms with van der Waals surface area (Å²) in [5, 5.41) is 6.94. The Morgan fingerprint density at radius 3 is 2.20 bits per heavy atom. The van der Waals surface area contributed by atoms with Gasteiger partial charge in [-0.05, 0) is 11.6 Å². The molecule has 0 unspecified atom stereocenters. The average molecular weight is 94.5 g/mol. The Bertz CT molecular complexity index is 42.9. The van der Waals surface area contributed by atoms with E-state index in [0.717, 1.165) is 0 Å². The highest BCUT2D eigenvalue weighted by Crippen LogP contribution is 1.70. The van der Waals surface area contributed by atoms with Crippen molar-refractivity contribution < 1.29 is 9.90 Å². The lowest BCUT2D eigenvalue weighted by atomic mass is 10.8. The van der Waals surface area contributed by atoms with Gasteiger partial charge in [0.15, 0.2) is 0 Å². The Morgan fingerprint density at radius 2 is 2.20 bits per heavy atom. The van der Waals surface area contributed by atoms with Crippen molar-refractivity contribution in [2.75, 3.05) is 6.61 Å². The van der Waals surface area contributed by atoms with Gasteiger partial charge in [-0.2, -0.15) is 0 Å². The van der Waals surface area contributed by atoms with E-state index in [0.29, 0.717) is 0 Å². The molecule has 1 N–H and O–H groups in total. The molecule has 0 aliphatic carbocycles. The lowest BCUT2D eigenvalue weighted by molar-refractivity contribution is -0.114. The van der Waals surface area contributed by atoms with Crippen LogP contribution in [0.2, 0.25) is 0 Å². The first-order chi connectivity index (χ1) is 2.27. The van der Waals surface area contributed by atoms with E-state index in [-0.39, 0.29) is 0 Å². The molecule has 0 aliphatic heterocycles. The van der Waals surface area contributed by atoms with Crippen LogP contribution in [-0.4, -0.2) is 17.0 Å². The van der Waals surface area contributed by atoms with Gasteiger partial charge in [0, 0.05) is 0 Å². The van der Waals surface area contributed by atoms with Gasteiger partial charge in [0.25, 0.3) is 0 Å². The van der Waals surface area contributed by atoms with E-state index in [1.165, 1.54) is 0 Å². The van der Waals surface area contributed by atoms with Crippen LogP contribution in [0.3, 0.4) is 0 Å². The van der Waals surface area contributed by atoms with Gasteiger partial charge in [-0.25, -0.2) is 0 Å². The quantitative estimate of drug-likeness (QED) is 0.455. The molecule has 0 rings (SSSR count). The lowest BCUT2D eigenvalue weighted by Gasteiger charge is -1.68. The number of carbonyl (C=O) groups is 1. The number of rotatable bonds is 1. The third-order valence-electron chi connectivity index (χ3n) is 0.124. The van der Waals surface area contributed by atoms with Crippen molar-refractivity contribution in [2.45, 2.75) is 0 Å². The minimum Gasteiger partial charge on any atom is -0.387 e. The molecule has 0 saturated heterocycles. The van der Waals surface area contributed by atoms with Crippen molar-refractivity contribution in [3.8, 4) is 0 Å². The highest BCUT2D eigenvalue weighted by atomic mass is 35.5. The fourth-order valence-corrected chi connectivity index (χ4v) is 0. The maximum atomic E-state index is 9.33. The molecule has 0 heterocycles. The maximum Gasteiger partial charge on any atom is 0.247 e. The number of aliphatic hydroxyl groups excluding tert-OH is 1. The summed E-state index contributed by atoms with van der Waals surface area (Å²) in [7, 11) is 0. The molecule has 30 valence electrons. The van der Waals surface area contributed by atoms with Gasteiger partial charge in [0.1, 0.15) is 6.61 Å². The summed E-state index contributed by atoms with van der Waals surface area (Å²) in [6.45, 7) is -0.568. The molecule has 0 fully saturated rings. The molecule has 0 atom stereocenters. The van der Waals surface area contributed by atoms with E-state index < -0.39 is 11.8 Å². The van der Waals surface area contributed by atoms with Crippen LogP contribution < -0.4 is 0 Å². The first-order valence-corrected chi connectivity index (χ1v) is 1.44.